The Bertz CT molecular complexity index is 936. The van der Waals surface area contributed by atoms with Crippen LogP contribution in [0.3, 0.4) is 0 Å². The topological polar surface area (TPSA) is 66.5 Å². The van der Waals surface area contributed by atoms with E-state index in [1.165, 1.54) is 12.1 Å². The maximum absolute atomic E-state index is 12.5. The van der Waals surface area contributed by atoms with Gasteiger partial charge in [0.25, 0.3) is 0 Å². The highest BCUT2D eigenvalue weighted by atomic mass is 35.5. The van der Waals surface area contributed by atoms with Gasteiger partial charge < -0.3 is 5.32 Å². The van der Waals surface area contributed by atoms with Crippen LogP contribution < -0.4 is 9.62 Å². The highest BCUT2D eigenvalue weighted by molar-refractivity contribution is 7.92. The molecule has 26 heavy (non-hydrogen) atoms. The summed E-state index contributed by atoms with van der Waals surface area (Å²) in [4.78, 5) is 12.5. The zero-order chi connectivity index (χ0) is 19.6. The van der Waals surface area contributed by atoms with Crippen LogP contribution >= 0.6 is 23.2 Å². The Kier molecular flexibility index (Phi) is 6.21. The fraction of sp³-hybridized carbons (Fsp3) is 0.278. The van der Waals surface area contributed by atoms with Crippen molar-refractivity contribution in [2.75, 3.05) is 22.4 Å². The monoisotopic (exact) mass is 414 g/mol. The molecule has 0 saturated carbocycles. The van der Waals surface area contributed by atoms with Crippen LogP contribution in [0.2, 0.25) is 10.0 Å². The standard InChI is InChI=1S/C18H20Cl2N2O3S/c1-11-7-12(2)18(13(3)8-11)21-17(23)10-22(26(4,24)25)16-9-14(19)5-6-15(16)20/h5-9H,10H2,1-4H3,(H,21,23). The molecule has 5 nitrogen and oxygen atoms in total. The molecule has 8 heteroatoms. The van der Waals surface area contributed by atoms with Gasteiger partial charge in [0.15, 0.2) is 0 Å². The molecule has 2 rings (SSSR count). The normalized spacial score (nSPS) is 11.3. The smallest absolute Gasteiger partial charge is 0.245 e. The van der Waals surface area contributed by atoms with Crippen LogP contribution in [-0.2, 0) is 14.8 Å². The minimum Gasteiger partial charge on any atom is -0.324 e. The second-order valence-electron chi connectivity index (χ2n) is 6.19. The van der Waals surface area contributed by atoms with Gasteiger partial charge in [-0.2, -0.15) is 0 Å². The largest absolute Gasteiger partial charge is 0.324 e. The molecule has 1 N–H and O–H groups in total. The number of anilines is 2. The van der Waals surface area contributed by atoms with Gasteiger partial charge in [0.05, 0.1) is 17.0 Å². The maximum Gasteiger partial charge on any atom is 0.245 e. The Morgan fingerprint density at radius 3 is 2.19 bits per heavy atom. The van der Waals surface area contributed by atoms with Crippen molar-refractivity contribution < 1.29 is 13.2 Å². The molecule has 0 aromatic heterocycles. The molecule has 0 aliphatic carbocycles. The molecule has 0 atom stereocenters. The van der Waals surface area contributed by atoms with Gasteiger partial charge in [-0.3, -0.25) is 9.10 Å². The van der Waals surface area contributed by atoms with Crippen LogP contribution in [0.5, 0.6) is 0 Å². The summed E-state index contributed by atoms with van der Waals surface area (Å²) in [5.41, 5.74) is 3.73. The predicted molar refractivity (Wildman–Crippen MR) is 108 cm³/mol. The molecule has 0 unspecified atom stereocenters. The third kappa shape index (κ3) is 4.90. The van der Waals surface area contributed by atoms with Gasteiger partial charge in [-0.25, -0.2) is 8.42 Å². The molecule has 0 radical (unpaired) electrons. The van der Waals surface area contributed by atoms with Crippen molar-refractivity contribution >= 4 is 50.5 Å². The molecule has 0 spiro atoms. The number of rotatable bonds is 5. The van der Waals surface area contributed by atoms with E-state index in [0.29, 0.717) is 10.7 Å². The zero-order valence-electron chi connectivity index (χ0n) is 14.9. The number of aryl methyl sites for hydroxylation is 3. The summed E-state index contributed by atoms with van der Waals surface area (Å²) < 4.78 is 25.4. The number of benzene rings is 2. The zero-order valence-corrected chi connectivity index (χ0v) is 17.3. The molecule has 0 aliphatic heterocycles. The molecule has 2 aromatic rings. The summed E-state index contributed by atoms with van der Waals surface area (Å²) in [6, 6.07) is 8.35. The minimum absolute atomic E-state index is 0.161. The number of nitrogens with zero attached hydrogens (tertiary/aromatic N) is 1. The van der Waals surface area contributed by atoms with Crippen LogP contribution in [0.1, 0.15) is 16.7 Å². The van der Waals surface area contributed by atoms with E-state index in [0.717, 1.165) is 27.3 Å². The van der Waals surface area contributed by atoms with Gasteiger partial charge in [-0.15, -0.1) is 0 Å². The first-order valence-electron chi connectivity index (χ1n) is 7.79. The molecular formula is C18H20Cl2N2O3S. The summed E-state index contributed by atoms with van der Waals surface area (Å²) in [7, 11) is -3.74. The molecule has 0 heterocycles. The minimum atomic E-state index is -3.74. The van der Waals surface area contributed by atoms with Gasteiger partial charge in [-0.05, 0) is 50.1 Å². The van der Waals surface area contributed by atoms with Crippen LogP contribution in [0.15, 0.2) is 30.3 Å². The van der Waals surface area contributed by atoms with Crippen molar-refractivity contribution in [3.8, 4) is 0 Å². The SMILES string of the molecule is Cc1cc(C)c(NC(=O)CN(c2cc(Cl)ccc2Cl)S(C)(=O)=O)c(C)c1. The maximum atomic E-state index is 12.5. The third-order valence-corrected chi connectivity index (χ3v) is 5.49. The second-order valence-corrected chi connectivity index (χ2v) is 8.94. The Morgan fingerprint density at radius 1 is 1.08 bits per heavy atom. The number of carbonyl (C=O) groups excluding carboxylic acids is 1. The van der Waals surface area contributed by atoms with E-state index in [1.54, 1.807) is 6.07 Å². The highest BCUT2D eigenvalue weighted by Gasteiger charge is 2.24. The van der Waals surface area contributed by atoms with Gasteiger partial charge >= 0.3 is 0 Å². The average Bonchev–Trinajstić information content (AvgIpc) is 2.50. The number of hydrogen-bond donors (Lipinski definition) is 1. The summed E-state index contributed by atoms with van der Waals surface area (Å²) >= 11 is 12.1. The summed E-state index contributed by atoms with van der Waals surface area (Å²) in [5.74, 6) is -0.471. The van der Waals surface area contributed by atoms with Crippen molar-refractivity contribution in [1.82, 2.24) is 0 Å². The summed E-state index contributed by atoms with van der Waals surface area (Å²) in [5, 5.41) is 3.30. The van der Waals surface area contributed by atoms with E-state index in [1.807, 2.05) is 32.9 Å². The van der Waals surface area contributed by atoms with Gasteiger partial charge in [0.1, 0.15) is 6.54 Å². The van der Waals surface area contributed by atoms with Crippen LogP contribution in [0.25, 0.3) is 0 Å². The lowest BCUT2D eigenvalue weighted by molar-refractivity contribution is -0.114. The molecule has 140 valence electrons. The van der Waals surface area contributed by atoms with E-state index in [4.69, 9.17) is 23.2 Å². The quantitative estimate of drug-likeness (QED) is 0.791. The molecule has 0 fully saturated rings. The van der Waals surface area contributed by atoms with Crippen molar-refractivity contribution in [2.45, 2.75) is 20.8 Å². The molecule has 1 amide bonds. The van der Waals surface area contributed by atoms with Crippen molar-refractivity contribution in [3.63, 3.8) is 0 Å². The Morgan fingerprint density at radius 2 is 1.65 bits per heavy atom. The van der Waals surface area contributed by atoms with Crippen LogP contribution in [0, 0.1) is 20.8 Å². The molecule has 0 bridgehead atoms. The Hall–Kier alpha value is -1.76. The van der Waals surface area contributed by atoms with E-state index in [9.17, 15) is 13.2 Å². The fourth-order valence-electron chi connectivity index (χ4n) is 2.74. The number of hydrogen-bond acceptors (Lipinski definition) is 3. The molecular weight excluding hydrogens is 395 g/mol. The first-order chi connectivity index (χ1) is 12.0. The number of halogens is 2. The first-order valence-corrected chi connectivity index (χ1v) is 10.4. The van der Waals surface area contributed by atoms with E-state index in [2.05, 4.69) is 5.32 Å². The fourth-order valence-corrected chi connectivity index (χ4v) is 4.04. The van der Waals surface area contributed by atoms with E-state index in [-0.39, 0.29) is 10.7 Å². The highest BCUT2D eigenvalue weighted by Crippen LogP contribution is 2.30. The Balaban J connectivity index is 2.33. The van der Waals surface area contributed by atoms with E-state index < -0.39 is 22.5 Å². The van der Waals surface area contributed by atoms with Crippen LogP contribution in [0.4, 0.5) is 11.4 Å². The van der Waals surface area contributed by atoms with Crippen molar-refractivity contribution in [3.05, 3.63) is 57.1 Å². The number of nitrogens with one attached hydrogen (secondary N) is 1. The van der Waals surface area contributed by atoms with Gasteiger partial charge in [0, 0.05) is 10.7 Å². The average molecular weight is 415 g/mol. The number of sulfonamides is 1. The van der Waals surface area contributed by atoms with Crippen molar-refractivity contribution in [2.24, 2.45) is 0 Å². The third-order valence-electron chi connectivity index (χ3n) is 3.81. The molecule has 2 aromatic carbocycles. The molecule has 0 saturated heterocycles. The lowest BCUT2D eigenvalue weighted by atomic mass is 10.1. The molecule has 0 aliphatic rings. The number of carbonyl (C=O) groups is 1. The number of amides is 1. The van der Waals surface area contributed by atoms with Gasteiger partial charge in [-0.1, -0.05) is 40.9 Å². The lowest BCUT2D eigenvalue weighted by Gasteiger charge is -2.23. The Labute approximate surface area is 164 Å². The summed E-state index contributed by atoms with van der Waals surface area (Å²) in [6.07, 6.45) is 1.01. The predicted octanol–water partition coefficient (Wildman–Crippen LogP) is 4.32. The first kappa shape index (κ1) is 20.6. The van der Waals surface area contributed by atoms with Gasteiger partial charge in [0.2, 0.25) is 15.9 Å². The summed E-state index contributed by atoms with van der Waals surface area (Å²) in [6.45, 7) is 5.33. The van der Waals surface area contributed by atoms with Crippen molar-refractivity contribution in [1.29, 1.82) is 0 Å². The van der Waals surface area contributed by atoms with E-state index >= 15 is 0 Å². The van der Waals surface area contributed by atoms with Crippen LogP contribution in [-0.4, -0.2) is 27.1 Å². The second kappa shape index (κ2) is 7.86. The lowest BCUT2D eigenvalue weighted by Crippen LogP contribution is -2.37.